The molecule has 0 bridgehead atoms. The van der Waals surface area contributed by atoms with Gasteiger partial charge in [-0.05, 0) is 0 Å². The number of rotatable bonds is 6. The van der Waals surface area contributed by atoms with Crippen LogP contribution in [-0.2, 0) is 14.4 Å². The second kappa shape index (κ2) is 6.22. The van der Waals surface area contributed by atoms with Gasteiger partial charge in [0.25, 0.3) is 0 Å². The van der Waals surface area contributed by atoms with Crippen molar-refractivity contribution in [3.05, 3.63) is 0 Å². The molecule has 9 heteroatoms. The maximum Gasteiger partial charge on any atom is 0.326 e. The van der Waals surface area contributed by atoms with Gasteiger partial charge in [-0.3, -0.25) is 9.59 Å². The number of hydrogen-bond acceptors (Lipinski definition) is 4. The number of nitrogens with two attached hydrogens (primary N) is 1. The van der Waals surface area contributed by atoms with E-state index in [1.54, 1.807) is 0 Å². The van der Waals surface area contributed by atoms with Gasteiger partial charge in [0.15, 0.2) is 0 Å². The molecule has 3 amide bonds. The minimum atomic E-state index is -1.56. The van der Waals surface area contributed by atoms with E-state index in [0.29, 0.717) is 0 Å². The van der Waals surface area contributed by atoms with Crippen LogP contribution in [0, 0.1) is 0 Å². The number of carbonyl (C=O) groups is 4. The molecule has 0 heterocycles. The van der Waals surface area contributed by atoms with Gasteiger partial charge >= 0.3 is 18.0 Å². The zero-order valence-corrected chi connectivity index (χ0v) is 8.10. The molecule has 9 nitrogen and oxygen atoms in total. The molecule has 0 saturated heterocycles. The minimum absolute atomic E-state index is 0.467. The van der Waals surface area contributed by atoms with Gasteiger partial charge in [-0.2, -0.15) is 0 Å². The first-order valence-electron chi connectivity index (χ1n) is 4.10. The lowest BCUT2D eigenvalue weighted by Crippen LogP contribution is -2.48. The summed E-state index contributed by atoms with van der Waals surface area (Å²) in [6.07, 6.45) is -0.765. The van der Waals surface area contributed by atoms with Gasteiger partial charge in [0, 0.05) is 0 Å². The third-order valence-electron chi connectivity index (χ3n) is 1.41. The fourth-order valence-electron chi connectivity index (χ4n) is 0.751. The Bertz CT molecular complexity index is 315. The highest BCUT2D eigenvalue weighted by Crippen LogP contribution is 1.92. The van der Waals surface area contributed by atoms with Gasteiger partial charge in [-0.25, -0.2) is 9.59 Å². The summed E-state index contributed by atoms with van der Waals surface area (Å²) in [6.45, 7) is -0.467. The molecule has 0 aromatic heterocycles. The number of carbonyl (C=O) groups excluding carboxylic acids is 2. The van der Waals surface area contributed by atoms with Gasteiger partial charge in [-0.15, -0.1) is 0 Å². The monoisotopic (exact) mass is 233 g/mol. The first-order chi connectivity index (χ1) is 7.32. The average Bonchev–Trinajstić information content (AvgIpc) is 2.12. The highest BCUT2D eigenvalue weighted by molar-refractivity contribution is 5.88. The summed E-state index contributed by atoms with van der Waals surface area (Å²) >= 11 is 0. The number of urea groups is 1. The second-order valence-corrected chi connectivity index (χ2v) is 2.78. The summed E-state index contributed by atoms with van der Waals surface area (Å²) in [5.41, 5.74) is 4.72. The smallest absolute Gasteiger partial charge is 0.326 e. The van der Waals surface area contributed by atoms with Crippen LogP contribution >= 0.6 is 0 Å². The van der Waals surface area contributed by atoms with Crippen molar-refractivity contribution in [2.24, 2.45) is 5.73 Å². The Kier molecular flexibility index (Phi) is 5.32. The van der Waals surface area contributed by atoms with Gasteiger partial charge in [0.1, 0.15) is 6.04 Å². The molecular weight excluding hydrogens is 222 g/mol. The van der Waals surface area contributed by atoms with E-state index in [1.807, 2.05) is 10.6 Å². The number of aliphatic carboxylic acids is 2. The lowest BCUT2D eigenvalue weighted by Gasteiger charge is -2.12. The molecular formula is C7H11N3O6. The predicted octanol–water partition coefficient (Wildman–Crippen LogP) is -2.30. The number of nitrogens with one attached hydrogen (secondary N) is 2. The van der Waals surface area contributed by atoms with E-state index in [0.717, 1.165) is 0 Å². The highest BCUT2D eigenvalue weighted by Gasteiger charge is 2.22. The Morgan fingerprint density at radius 3 is 2.12 bits per heavy atom. The van der Waals surface area contributed by atoms with Crippen molar-refractivity contribution in [2.75, 3.05) is 6.54 Å². The van der Waals surface area contributed by atoms with Crippen LogP contribution in [0.4, 0.5) is 4.79 Å². The van der Waals surface area contributed by atoms with Crippen molar-refractivity contribution in [3.63, 3.8) is 0 Å². The van der Waals surface area contributed by atoms with Crippen LogP contribution in [0.5, 0.6) is 0 Å². The molecule has 1 atom stereocenters. The largest absolute Gasteiger partial charge is 0.481 e. The van der Waals surface area contributed by atoms with Gasteiger partial charge < -0.3 is 26.6 Å². The Morgan fingerprint density at radius 2 is 1.75 bits per heavy atom. The van der Waals surface area contributed by atoms with Gasteiger partial charge in [-0.1, -0.05) is 0 Å². The van der Waals surface area contributed by atoms with E-state index in [4.69, 9.17) is 15.9 Å². The maximum atomic E-state index is 11.0. The Hall–Kier alpha value is -2.32. The van der Waals surface area contributed by atoms with Crippen molar-refractivity contribution < 1.29 is 29.4 Å². The summed E-state index contributed by atoms with van der Waals surface area (Å²) < 4.78 is 0. The van der Waals surface area contributed by atoms with Crippen molar-refractivity contribution in [1.82, 2.24) is 10.6 Å². The highest BCUT2D eigenvalue weighted by atomic mass is 16.4. The number of carboxylic acids is 2. The van der Waals surface area contributed by atoms with E-state index in [2.05, 4.69) is 0 Å². The third kappa shape index (κ3) is 6.18. The van der Waals surface area contributed by atoms with Crippen LogP contribution in [0.1, 0.15) is 6.42 Å². The van der Waals surface area contributed by atoms with E-state index >= 15 is 0 Å². The quantitative estimate of drug-likeness (QED) is 0.347. The molecule has 6 N–H and O–H groups in total. The molecule has 0 aliphatic carbocycles. The van der Waals surface area contributed by atoms with Gasteiger partial charge in [0.05, 0.1) is 13.0 Å². The van der Waals surface area contributed by atoms with Crippen LogP contribution in [-0.4, -0.2) is 46.7 Å². The number of carboxylic acid groups (broad SMARTS) is 2. The lowest BCUT2D eigenvalue weighted by molar-refractivity contribution is -0.145. The van der Waals surface area contributed by atoms with Crippen molar-refractivity contribution in [2.45, 2.75) is 12.5 Å². The Balaban J connectivity index is 4.18. The number of amides is 3. The van der Waals surface area contributed by atoms with Crippen LogP contribution < -0.4 is 16.4 Å². The zero-order valence-electron chi connectivity index (χ0n) is 8.10. The summed E-state index contributed by atoms with van der Waals surface area (Å²) in [6, 6.07) is -2.54. The second-order valence-electron chi connectivity index (χ2n) is 2.78. The summed E-state index contributed by atoms with van der Waals surface area (Å²) in [5, 5.41) is 20.7. The normalized spacial score (nSPS) is 11.2. The van der Waals surface area contributed by atoms with Crippen LogP contribution in [0.3, 0.4) is 0 Å². The Morgan fingerprint density at radius 1 is 1.19 bits per heavy atom. The van der Waals surface area contributed by atoms with Crippen molar-refractivity contribution >= 4 is 23.9 Å². The molecule has 0 aromatic rings. The molecule has 0 spiro atoms. The maximum absolute atomic E-state index is 11.0. The molecule has 16 heavy (non-hydrogen) atoms. The Labute approximate surface area is 89.6 Å². The SMILES string of the molecule is NC(=O)CNC(=O)N[C@@H](CC(=O)O)C(=O)O. The molecule has 0 rings (SSSR count). The summed E-state index contributed by atoms with van der Waals surface area (Å²) in [5.74, 6) is -3.67. The van der Waals surface area contributed by atoms with Crippen molar-refractivity contribution in [3.8, 4) is 0 Å². The first kappa shape index (κ1) is 13.7. The standard InChI is InChI=1S/C7H11N3O6/c8-4(11)2-9-7(16)10-3(6(14)15)1-5(12)13/h3H,1-2H2,(H2,8,11)(H,12,13)(H,14,15)(H2,9,10,16)/t3-/m0/s1. The van der Waals surface area contributed by atoms with E-state index in [1.165, 1.54) is 0 Å². The van der Waals surface area contributed by atoms with Crippen LogP contribution in [0.25, 0.3) is 0 Å². The summed E-state index contributed by atoms with van der Waals surface area (Å²) in [7, 11) is 0. The van der Waals surface area contributed by atoms with E-state index < -0.39 is 42.9 Å². The first-order valence-corrected chi connectivity index (χ1v) is 4.10. The van der Waals surface area contributed by atoms with E-state index in [9.17, 15) is 19.2 Å². The van der Waals surface area contributed by atoms with Gasteiger partial charge in [0.2, 0.25) is 5.91 Å². The molecule has 0 fully saturated rings. The average molecular weight is 233 g/mol. The topological polar surface area (TPSA) is 159 Å². The predicted molar refractivity (Wildman–Crippen MR) is 49.4 cm³/mol. The molecule has 0 unspecified atom stereocenters. The molecule has 0 saturated carbocycles. The molecule has 0 radical (unpaired) electrons. The fraction of sp³-hybridized carbons (Fsp3) is 0.429. The number of hydrogen-bond donors (Lipinski definition) is 5. The van der Waals surface area contributed by atoms with Crippen molar-refractivity contribution in [1.29, 1.82) is 0 Å². The third-order valence-corrected chi connectivity index (χ3v) is 1.41. The van der Waals surface area contributed by atoms with E-state index in [-0.39, 0.29) is 0 Å². The molecule has 0 aromatic carbocycles. The molecule has 0 aliphatic rings. The van der Waals surface area contributed by atoms with Crippen LogP contribution in [0.15, 0.2) is 0 Å². The fourth-order valence-corrected chi connectivity index (χ4v) is 0.751. The zero-order chi connectivity index (χ0) is 12.7. The number of primary amides is 1. The molecule has 90 valence electrons. The minimum Gasteiger partial charge on any atom is -0.481 e. The summed E-state index contributed by atoms with van der Waals surface area (Å²) in [4.78, 5) is 42.0. The molecule has 0 aliphatic heterocycles. The lowest BCUT2D eigenvalue weighted by atomic mass is 10.2. The van der Waals surface area contributed by atoms with Crippen LogP contribution in [0.2, 0.25) is 0 Å².